The molecule has 0 spiro atoms. The molecular weight excluding hydrogens is 234 g/mol. The zero-order valence-electron chi connectivity index (χ0n) is 9.05. The van der Waals surface area contributed by atoms with E-state index in [1.54, 1.807) is 0 Å². The summed E-state index contributed by atoms with van der Waals surface area (Å²) in [7, 11) is 0. The average molecular weight is 251 g/mol. The molecule has 2 atom stereocenters. The molecule has 7 heteroatoms. The summed E-state index contributed by atoms with van der Waals surface area (Å²) in [5, 5.41) is 28.6. The van der Waals surface area contributed by atoms with Gasteiger partial charge in [0.1, 0.15) is 6.04 Å². The minimum absolute atomic E-state index is 0.243. The Bertz CT molecular complexity index is 236. The zero-order chi connectivity index (χ0) is 12.6. The van der Waals surface area contributed by atoms with Crippen LogP contribution in [0.2, 0.25) is 0 Å². The van der Waals surface area contributed by atoms with Crippen LogP contribution in [0, 0.1) is 0 Å². The summed E-state index contributed by atoms with van der Waals surface area (Å²) in [6, 6.07) is -0.909. The Labute approximate surface area is 98.0 Å². The summed E-state index contributed by atoms with van der Waals surface area (Å²) in [6.07, 6.45) is -0.371. The molecule has 0 unspecified atom stereocenters. The van der Waals surface area contributed by atoms with Crippen molar-refractivity contribution in [2.75, 3.05) is 18.1 Å². The molecule has 94 valence electrons. The lowest BCUT2D eigenvalue weighted by Gasteiger charge is -2.13. The number of aliphatic carboxylic acids is 1. The highest BCUT2D eigenvalue weighted by Gasteiger charge is 2.17. The second-order valence-electron chi connectivity index (χ2n) is 3.29. The van der Waals surface area contributed by atoms with Crippen LogP contribution in [0.25, 0.3) is 0 Å². The number of hydrogen-bond donors (Lipinski definition) is 4. The zero-order valence-corrected chi connectivity index (χ0v) is 9.87. The normalized spacial score (nSPS) is 14.2. The smallest absolute Gasteiger partial charge is 0.327 e. The number of carboxylic acids is 1. The van der Waals surface area contributed by atoms with Gasteiger partial charge < -0.3 is 20.6 Å². The third kappa shape index (κ3) is 7.49. The van der Waals surface area contributed by atoms with Crippen LogP contribution in [0.15, 0.2) is 0 Å². The van der Waals surface area contributed by atoms with E-state index in [-0.39, 0.29) is 18.3 Å². The Morgan fingerprint density at radius 1 is 1.44 bits per heavy atom. The third-order valence-electron chi connectivity index (χ3n) is 1.77. The molecule has 0 radical (unpaired) electrons. The number of nitrogens with one attached hydrogen (secondary N) is 1. The van der Waals surface area contributed by atoms with Crippen molar-refractivity contribution in [2.24, 2.45) is 0 Å². The summed E-state index contributed by atoms with van der Waals surface area (Å²) in [5.74, 6) is -0.688. The Kier molecular flexibility index (Phi) is 7.96. The predicted molar refractivity (Wildman–Crippen MR) is 60.3 cm³/mol. The van der Waals surface area contributed by atoms with E-state index in [2.05, 4.69) is 5.32 Å². The number of rotatable bonds is 8. The van der Waals surface area contributed by atoms with Gasteiger partial charge >= 0.3 is 5.97 Å². The number of carboxylic acid groups (broad SMARTS) is 1. The van der Waals surface area contributed by atoms with Gasteiger partial charge in [0, 0.05) is 12.7 Å². The van der Waals surface area contributed by atoms with E-state index < -0.39 is 18.1 Å². The molecule has 0 aromatic heterocycles. The first-order chi connectivity index (χ1) is 7.47. The number of carbonyl (C=O) groups excluding carboxylic acids is 1. The van der Waals surface area contributed by atoms with Gasteiger partial charge in [0.15, 0.2) is 0 Å². The van der Waals surface area contributed by atoms with E-state index in [0.717, 1.165) is 0 Å². The Morgan fingerprint density at radius 2 is 2.06 bits per heavy atom. The molecule has 0 bridgehead atoms. The Hall–Kier alpha value is -0.790. The van der Waals surface area contributed by atoms with Crippen molar-refractivity contribution < 1.29 is 24.9 Å². The highest BCUT2D eigenvalue weighted by atomic mass is 32.2. The van der Waals surface area contributed by atoms with Crippen LogP contribution in [0.3, 0.4) is 0 Å². The van der Waals surface area contributed by atoms with Crippen LogP contribution < -0.4 is 5.32 Å². The van der Waals surface area contributed by atoms with E-state index in [9.17, 15) is 9.59 Å². The van der Waals surface area contributed by atoms with Gasteiger partial charge in [-0.25, -0.2) is 4.79 Å². The first kappa shape index (κ1) is 15.2. The molecule has 0 saturated heterocycles. The molecule has 6 nitrogen and oxygen atoms in total. The van der Waals surface area contributed by atoms with Gasteiger partial charge in [0.25, 0.3) is 0 Å². The van der Waals surface area contributed by atoms with Crippen molar-refractivity contribution in [1.29, 1.82) is 0 Å². The van der Waals surface area contributed by atoms with E-state index >= 15 is 0 Å². The van der Waals surface area contributed by atoms with Crippen molar-refractivity contribution in [3.63, 3.8) is 0 Å². The summed E-state index contributed by atoms with van der Waals surface area (Å²) >= 11 is 1.31. The molecule has 0 rings (SSSR count). The van der Waals surface area contributed by atoms with Gasteiger partial charge in [-0.1, -0.05) is 0 Å². The number of amides is 1. The number of carbonyl (C=O) groups is 2. The van der Waals surface area contributed by atoms with Crippen LogP contribution in [0.1, 0.15) is 13.3 Å². The van der Waals surface area contributed by atoms with Crippen molar-refractivity contribution in [3.8, 4) is 0 Å². The lowest BCUT2D eigenvalue weighted by Crippen LogP contribution is -2.41. The predicted octanol–water partition coefficient (Wildman–Crippen LogP) is -0.948. The molecule has 0 fully saturated rings. The Morgan fingerprint density at radius 3 is 2.50 bits per heavy atom. The summed E-state index contributed by atoms with van der Waals surface area (Å²) in [6.45, 7) is 0.963. The molecule has 0 aromatic carbocycles. The molecule has 0 aliphatic heterocycles. The molecule has 4 N–H and O–H groups in total. The molecule has 16 heavy (non-hydrogen) atoms. The van der Waals surface area contributed by atoms with Gasteiger partial charge in [0.2, 0.25) is 5.91 Å². The average Bonchev–Trinajstić information content (AvgIpc) is 2.21. The van der Waals surface area contributed by atoms with Crippen molar-refractivity contribution in [1.82, 2.24) is 5.32 Å². The molecule has 0 aromatic rings. The molecule has 1 amide bonds. The number of aliphatic hydroxyl groups excluding tert-OH is 2. The largest absolute Gasteiger partial charge is 0.480 e. The van der Waals surface area contributed by atoms with Gasteiger partial charge in [-0.05, 0) is 12.2 Å². The highest BCUT2D eigenvalue weighted by Crippen LogP contribution is 2.07. The first-order valence-electron chi connectivity index (χ1n) is 4.84. The van der Waals surface area contributed by atoms with E-state index in [4.69, 9.17) is 15.3 Å². The second-order valence-corrected chi connectivity index (χ2v) is 4.44. The topological polar surface area (TPSA) is 107 Å². The molecule has 0 heterocycles. The summed E-state index contributed by atoms with van der Waals surface area (Å²) in [4.78, 5) is 21.4. The Balaban J connectivity index is 3.77. The molecule has 0 saturated carbocycles. The first-order valence-corrected chi connectivity index (χ1v) is 5.99. The monoisotopic (exact) mass is 251 g/mol. The van der Waals surface area contributed by atoms with E-state index in [1.165, 1.54) is 18.7 Å². The van der Waals surface area contributed by atoms with Crippen molar-refractivity contribution in [2.45, 2.75) is 25.5 Å². The second kappa shape index (κ2) is 8.37. The lowest BCUT2D eigenvalue weighted by molar-refractivity contribution is -0.140. The minimum atomic E-state index is -1.08. The maximum Gasteiger partial charge on any atom is 0.327 e. The van der Waals surface area contributed by atoms with Crippen LogP contribution in [0.5, 0.6) is 0 Å². The van der Waals surface area contributed by atoms with Crippen molar-refractivity contribution >= 4 is 23.6 Å². The van der Waals surface area contributed by atoms with E-state index in [0.29, 0.717) is 12.2 Å². The van der Waals surface area contributed by atoms with Gasteiger partial charge in [0.05, 0.1) is 12.7 Å². The lowest BCUT2D eigenvalue weighted by atomic mass is 10.3. The van der Waals surface area contributed by atoms with Crippen LogP contribution in [-0.2, 0) is 9.59 Å². The molecule has 0 aliphatic carbocycles. The van der Waals surface area contributed by atoms with Gasteiger partial charge in [-0.3, -0.25) is 4.79 Å². The number of thioether (sulfide) groups is 1. The van der Waals surface area contributed by atoms with Crippen molar-refractivity contribution in [3.05, 3.63) is 0 Å². The standard InChI is InChI=1S/C9H17NO5S/c1-6(12)10-8(9(14)15)5-16-3-2-7(13)4-11/h7-8,11,13H,2-5H2,1H3,(H,10,12)(H,14,15)/t7-,8-/m0/s1. The fraction of sp³-hybridized carbons (Fsp3) is 0.778. The summed E-state index contributed by atoms with van der Waals surface area (Å²) < 4.78 is 0. The fourth-order valence-electron chi connectivity index (χ4n) is 0.932. The SMILES string of the molecule is CC(=O)N[C@@H](CSCC[C@H](O)CO)C(=O)O. The maximum atomic E-state index is 10.7. The number of aliphatic hydroxyl groups is 2. The number of hydrogen-bond acceptors (Lipinski definition) is 5. The third-order valence-corrected chi connectivity index (χ3v) is 2.86. The fourth-order valence-corrected chi connectivity index (χ4v) is 2.00. The van der Waals surface area contributed by atoms with E-state index in [1.807, 2.05) is 0 Å². The van der Waals surface area contributed by atoms with Crippen LogP contribution >= 0.6 is 11.8 Å². The molecular formula is C9H17NO5S. The van der Waals surface area contributed by atoms with Gasteiger partial charge in [-0.2, -0.15) is 11.8 Å². The van der Waals surface area contributed by atoms with Gasteiger partial charge in [-0.15, -0.1) is 0 Å². The quantitative estimate of drug-likeness (QED) is 0.414. The maximum absolute atomic E-state index is 10.7. The van der Waals surface area contributed by atoms with Crippen LogP contribution in [-0.4, -0.2) is 57.5 Å². The highest BCUT2D eigenvalue weighted by molar-refractivity contribution is 7.99. The summed E-state index contributed by atoms with van der Waals surface area (Å²) in [5.41, 5.74) is 0. The molecule has 0 aliphatic rings. The van der Waals surface area contributed by atoms with Crippen LogP contribution in [0.4, 0.5) is 0 Å². The minimum Gasteiger partial charge on any atom is -0.480 e.